The molecule has 0 unspecified atom stereocenters. The van der Waals surface area contributed by atoms with Crippen molar-refractivity contribution in [3.05, 3.63) is 0 Å². The topological polar surface area (TPSA) is 72.4 Å². The van der Waals surface area contributed by atoms with E-state index in [1.165, 1.54) is 76.2 Å². The van der Waals surface area contributed by atoms with Gasteiger partial charge in [0.2, 0.25) is 0 Å². The number of nitrogens with one attached hydrogen (secondary N) is 1. The molecule has 23 heavy (non-hydrogen) atoms. The first-order valence-electron chi connectivity index (χ1n) is 8.86. The summed E-state index contributed by atoms with van der Waals surface area (Å²) in [5.41, 5.74) is 0. The van der Waals surface area contributed by atoms with E-state index >= 15 is 0 Å². The van der Waals surface area contributed by atoms with E-state index in [0.717, 1.165) is 6.42 Å². The van der Waals surface area contributed by atoms with Crippen LogP contribution in [-0.2, 0) is 0 Å². The Hall–Kier alpha value is -0.0800. The fourth-order valence-electron chi connectivity index (χ4n) is 2.56. The third-order valence-corrected chi connectivity index (χ3v) is 3.95. The minimum Gasteiger partial charge on any atom is -0.530 e. The molecule has 0 saturated carbocycles. The van der Waals surface area contributed by atoms with Crippen LogP contribution in [0.5, 0.6) is 0 Å². The van der Waals surface area contributed by atoms with Crippen LogP contribution in [0.4, 0.5) is 4.79 Å². The Morgan fingerprint density at radius 1 is 0.913 bits per heavy atom. The van der Waals surface area contributed by atoms with Crippen LogP contribution in [-0.4, -0.2) is 55.5 Å². The second-order valence-corrected chi connectivity index (χ2v) is 5.91. The molecule has 0 saturated heterocycles. The van der Waals surface area contributed by atoms with Gasteiger partial charge in [0.1, 0.15) is 6.09 Å². The zero-order valence-electron chi connectivity index (χ0n) is 15.6. The minimum absolute atomic E-state index is 0. The first-order valence-corrected chi connectivity index (χ1v) is 8.86. The van der Waals surface area contributed by atoms with Gasteiger partial charge in [0.05, 0.1) is 26.2 Å². The lowest BCUT2D eigenvalue weighted by molar-refractivity contribution is -0.929. The molecule has 6 heteroatoms. The molecule has 0 rings (SSSR count). The van der Waals surface area contributed by atoms with Gasteiger partial charge in [0.25, 0.3) is 0 Å². The molecule has 0 fully saturated rings. The summed E-state index contributed by atoms with van der Waals surface area (Å²) in [6, 6.07) is 0. The zero-order chi connectivity index (χ0) is 17.3. The molecule has 2 N–H and O–H groups in total. The lowest BCUT2D eigenvalue weighted by Gasteiger charge is -2.39. The summed E-state index contributed by atoms with van der Waals surface area (Å²) in [7, 11) is 1.29. The molecular formula is C17H39IN2O3. The molecule has 0 heterocycles. The molecule has 5 nitrogen and oxygen atoms in total. The van der Waals surface area contributed by atoms with Gasteiger partial charge < -0.3 is 24.8 Å². The average molecular weight is 446 g/mol. The van der Waals surface area contributed by atoms with Gasteiger partial charge in [0, 0.05) is 20.1 Å². The number of carbonyl (C=O) groups is 1. The van der Waals surface area contributed by atoms with E-state index in [4.69, 9.17) is 15.0 Å². The number of rotatable bonds is 12. The SMILES string of the molecule is CCCC[N+](CCCC)(CCCC)CCCO.CNC(=O)[O-].I. The Balaban J connectivity index is -0.000000578. The lowest BCUT2D eigenvalue weighted by atomic mass is 10.1. The number of carbonyl (C=O) groups excluding carboxylic acids is 1. The molecule has 0 aliphatic heterocycles. The van der Waals surface area contributed by atoms with E-state index in [2.05, 4.69) is 20.8 Å². The van der Waals surface area contributed by atoms with Gasteiger partial charge in [-0.3, -0.25) is 0 Å². The zero-order valence-corrected chi connectivity index (χ0v) is 17.9. The maximum atomic E-state index is 9.15. The first kappa shape index (κ1) is 27.8. The normalized spacial score (nSPS) is 10.3. The van der Waals surface area contributed by atoms with Gasteiger partial charge in [-0.25, -0.2) is 0 Å². The predicted molar refractivity (Wildman–Crippen MR) is 106 cm³/mol. The monoisotopic (exact) mass is 446 g/mol. The molecule has 142 valence electrons. The number of aliphatic hydroxyl groups is 1. The molecule has 0 spiro atoms. The average Bonchev–Trinajstić information content (AvgIpc) is 2.54. The Morgan fingerprint density at radius 2 is 1.22 bits per heavy atom. The van der Waals surface area contributed by atoms with Crippen molar-refractivity contribution in [3.8, 4) is 0 Å². The summed E-state index contributed by atoms with van der Waals surface area (Å²) >= 11 is 0. The smallest absolute Gasteiger partial charge is 0.133 e. The molecule has 0 aromatic heterocycles. The molecule has 0 radical (unpaired) electrons. The predicted octanol–water partition coefficient (Wildman–Crippen LogP) is 2.75. The third kappa shape index (κ3) is 18.1. The summed E-state index contributed by atoms with van der Waals surface area (Å²) in [5, 5.41) is 20.1. The highest BCUT2D eigenvalue weighted by atomic mass is 127. The quantitative estimate of drug-likeness (QED) is 0.358. The third-order valence-electron chi connectivity index (χ3n) is 3.95. The molecule has 0 bridgehead atoms. The summed E-state index contributed by atoms with van der Waals surface area (Å²) in [4.78, 5) is 9.15. The van der Waals surface area contributed by atoms with Crippen LogP contribution in [0.15, 0.2) is 0 Å². The number of nitrogens with zero attached hydrogens (tertiary/aromatic N) is 1. The maximum Gasteiger partial charge on any atom is 0.133 e. The maximum absolute atomic E-state index is 9.15. The van der Waals surface area contributed by atoms with E-state index in [-0.39, 0.29) is 24.0 Å². The van der Waals surface area contributed by atoms with Crippen molar-refractivity contribution in [1.82, 2.24) is 5.32 Å². The molecule has 0 aliphatic carbocycles. The van der Waals surface area contributed by atoms with Crippen molar-refractivity contribution in [2.75, 3.05) is 39.8 Å². The highest BCUT2D eigenvalue weighted by Crippen LogP contribution is 2.15. The number of hydrogen-bond donors (Lipinski definition) is 2. The van der Waals surface area contributed by atoms with Crippen LogP contribution in [0.1, 0.15) is 65.7 Å². The summed E-state index contributed by atoms with van der Waals surface area (Å²) in [6.45, 7) is 12.3. The minimum atomic E-state index is -1.25. The highest BCUT2D eigenvalue weighted by Gasteiger charge is 2.24. The van der Waals surface area contributed by atoms with Crippen molar-refractivity contribution in [2.45, 2.75) is 65.7 Å². The molecule has 0 aromatic rings. The molecule has 0 aliphatic rings. The molecule has 1 amide bonds. The molecular weight excluding hydrogens is 407 g/mol. The number of halogens is 1. The molecule has 0 aromatic carbocycles. The van der Waals surface area contributed by atoms with E-state index in [1.807, 2.05) is 5.32 Å². The number of quaternary nitrogens is 1. The van der Waals surface area contributed by atoms with Crippen molar-refractivity contribution >= 4 is 30.1 Å². The second-order valence-electron chi connectivity index (χ2n) is 5.91. The number of carboxylic acid groups (broad SMARTS) is 1. The molecule has 0 atom stereocenters. The Labute approximate surface area is 160 Å². The summed E-state index contributed by atoms with van der Waals surface area (Å²) in [5.74, 6) is 0. The van der Waals surface area contributed by atoms with E-state index in [0.29, 0.717) is 6.61 Å². The standard InChI is InChI=1S/C15H34NO.C2H5NO2.HI/c1-4-7-11-16(12-8-5-2,13-9-6-3)14-10-15-17;1-3-2(4)5;/h17H,4-15H2,1-3H3;3H,1H3,(H,4,5);1H/q+1;;/p-1. The highest BCUT2D eigenvalue weighted by molar-refractivity contribution is 14.0. The number of unbranched alkanes of at least 4 members (excludes halogenated alkanes) is 3. The van der Waals surface area contributed by atoms with Gasteiger partial charge in [0.15, 0.2) is 0 Å². The van der Waals surface area contributed by atoms with Crippen molar-refractivity contribution in [2.24, 2.45) is 0 Å². The fraction of sp³-hybridized carbons (Fsp3) is 0.941. The Morgan fingerprint density at radius 3 is 1.43 bits per heavy atom. The summed E-state index contributed by atoms with van der Waals surface area (Å²) < 4.78 is 1.26. The van der Waals surface area contributed by atoms with Gasteiger partial charge in [-0.05, 0) is 19.3 Å². The van der Waals surface area contributed by atoms with Crippen LogP contribution in [0.3, 0.4) is 0 Å². The van der Waals surface area contributed by atoms with Crippen LogP contribution >= 0.6 is 24.0 Å². The number of hydrogen-bond acceptors (Lipinski definition) is 3. The second kappa shape index (κ2) is 20.0. The van der Waals surface area contributed by atoms with E-state index in [9.17, 15) is 0 Å². The fourth-order valence-corrected chi connectivity index (χ4v) is 2.56. The Kier molecular flexibility index (Phi) is 24.1. The van der Waals surface area contributed by atoms with Crippen LogP contribution in [0.25, 0.3) is 0 Å². The lowest BCUT2D eigenvalue weighted by Crippen LogP contribution is -2.51. The number of amides is 1. The van der Waals surface area contributed by atoms with Gasteiger partial charge in [-0.15, -0.1) is 24.0 Å². The van der Waals surface area contributed by atoms with E-state index in [1.54, 1.807) is 0 Å². The van der Waals surface area contributed by atoms with Gasteiger partial charge in [-0.2, -0.15) is 0 Å². The largest absolute Gasteiger partial charge is 0.530 e. The van der Waals surface area contributed by atoms with Crippen LogP contribution < -0.4 is 10.4 Å². The van der Waals surface area contributed by atoms with Crippen molar-refractivity contribution < 1.29 is 19.5 Å². The van der Waals surface area contributed by atoms with Crippen molar-refractivity contribution in [1.29, 1.82) is 0 Å². The van der Waals surface area contributed by atoms with E-state index < -0.39 is 6.09 Å². The van der Waals surface area contributed by atoms with Crippen molar-refractivity contribution in [3.63, 3.8) is 0 Å². The van der Waals surface area contributed by atoms with Gasteiger partial charge in [-0.1, -0.05) is 40.0 Å². The number of aliphatic hydroxyl groups excluding tert-OH is 1. The summed E-state index contributed by atoms with van der Waals surface area (Å²) in [6.07, 6.45) is 7.59. The van der Waals surface area contributed by atoms with Crippen LogP contribution in [0, 0.1) is 0 Å². The van der Waals surface area contributed by atoms with Crippen LogP contribution in [0.2, 0.25) is 0 Å². The first-order chi connectivity index (χ1) is 10.5. The Bertz CT molecular complexity index is 216. The van der Waals surface area contributed by atoms with Gasteiger partial charge >= 0.3 is 0 Å².